The molecule has 3 rings (SSSR count). The van der Waals surface area contributed by atoms with Crippen LogP contribution < -0.4 is 5.32 Å². The van der Waals surface area contributed by atoms with Crippen molar-refractivity contribution in [1.29, 1.82) is 0 Å². The monoisotopic (exact) mass is 271 g/mol. The molecule has 3 nitrogen and oxygen atoms in total. The van der Waals surface area contributed by atoms with E-state index in [1.807, 2.05) is 11.6 Å². The lowest BCUT2D eigenvalue weighted by atomic mass is 10.1. The summed E-state index contributed by atoms with van der Waals surface area (Å²) in [7, 11) is 0. The molecule has 0 saturated heterocycles. The lowest BCUT2D eigenvalue weighted by Gasteiger charge is -2.05. The number of hydrogen-bond donors (Lipinski definition) is 1. The van der Waals surface area contributed by atoms with Gasteiger partial charge >= 0.3 is 0 Å². The Hall–Kier alpha value is -1.65. The molecule has 1 aromatic carbocycles. The normalized spacial score (nSPS) is 11.2. The van der Waals surface area contributed by atoms with Crippen LogP contribution in [0.4, 0.5) is 0 Å². The molecule has 0 saturated carbocycles. The van der Waals surface area contributed by atoms with Crippen LogP contribution in [0.3, 0.4) is 0 Å². The number of benzene rings is 1. The van der Waals surface area contributed by atoms with Gasteiger partial charge in [0.15, 0.2) is 0 Å². The van der Waals surface area contributed by atoms with Crippen LogP contribution in [0.2, 0.25) is 0 Å². The van der Waals surface area contributed by atoms with Crippen molar-refractivity contribution in [2.75, 3.05) is 6.54 Å². The lowest BCUT2D eigenvalue weighted by molar-refractivity contribution is 0.727. The number of nitrogens with zero attached hydrogens (tertiary/aromatic N) is 2. The topological polar surface area (TPSA) is 29.9 Å². The van der Waals surface area contributed by atoms with E-state index in [9.17, 15) is 0 Å². The zero-order chi connectivity index (χ0) is 13.1. The molecule has 0 atom stereocenters. The number of rotatable bonds is 5. The van der Waals surface area contributed by atoms with E-state index in [1.54, 1.807) is 11.3 Å². The molecular formula is C15H17N3S. The molecule has 0 fully saturated rings. The van der Waals surface area contributed by atoms with Crippen molar-refractivity contribution in [1.82, 2.24) is 14.9 Å². The summed E-state index contributed by atoms with van der Waals surface area (Å²) in [5, 5.41) is 7.83. The summed E-state index contributed by atoms with van der Waals surface area (Å²) < 4.78 is 2.26. The minimum atomic E-state index is 0.855. The molecule has 0 bridgehead atoms. The smallest absolute Gasteiger partial charge is 0.112 e. The zero-order valence-corrected chi connectivity index (χ0v) is 11.8. The van der Waals surface area contributed by atoms with Crippen LogP contribution >= 0.6 is 11.3 Å². The zero-order valence-electron chi connectivity index (χ0n) is 11.0. The Morgan fingerprint density at radius 3 is 3.05 bits per heavy atom. The maximum atomic E-state index is 4.34. The van der Waals surface area contributed by atoms with Crippen LogP contribution in [0.1, 0.15) is 17.5 Å². The minimum Gasteiger partial charge on any atom is -0.341 e. The van der Waals surface area contributed by atoms with Crippen molar-refractivity contribution in [2.24, 2.45) is 0 Å². The summed E-state index contributed by atoms with van der Waals surface area (Å²) in [5.41, 5.74) is 2.61. The standard InChI is InChI=1S/C15H17N3S/c1-2-16-10-12-3-4-14-13(9-12)5-7-18(14)11-15-17-6-8-19-15/h3-9,16H,2,10-11H2,1H3. The van der Waals surface area contributed by atoms with E-state index in [2.05, 4.69) is 52.3 Å². The molecule has 0 radical (unpaired) electrons. The highest BCUT2D eigenvalue weighted by molar-refractivity contribution is 7.09. The quantitative estimate of drug-likeness (QED) is 0.772. The summed E-state index contributed by atoms with van der Waals surface area (Å²) in [5.74, 6) is 0. The first kappa shape index (κ1) is 12.4. The number of aromatic nitrogens is 2. The molecule has 0 amide bonds. The van der Waals surface area contributed by atoms with E-state index in [0.29, 0.717) is 0 Å². The van der Waals surface area contributed by atoms with Gasteiger partial charge in [0.2, 0.25) is 0 Å². The summed E-state index contributed by atoms with van der Waals surface area (Å²) in [6.07, 6.45) is 4.00. The molecule has 3 aromatic rings. The van der Waals surface area contributed by atoms with Gasteiger partial charge in [-0.15, -0.1) is 11.3 Å². The van der Waals surface area contributed by atoms with Gasteiger partial charge < -0.3 is 9.88 Å². The van der Waals surface area contributed by atoms with Crippen LogP contribution in [-0.4, -0.2) is 16.1 Å². The predicted molar refractivity (Wildman–Crippen MR) is 80.5 cm³/mol. The minimum absolute atomic E-state index is 0.855. The van der Waals surface area contributed by atoms with Crippen molar-refractivity contribution in [3.8, 4) is 0 Å². The first-order valence-electron chi connectivity index (χ1n) is 6.53. The van der Waals surface area contributed by atoms with Gasteiger partial charge in [0.25, 0.3) is 0 Å². The van der Waals surface area contributed by atoms with Gasteiger partial charge in [0.1, 0.15) is 5.01 Å². The average molecular weight is 271 g/mol. The predicted octanol–water partition coefficient (Wildman–Crippen LogP) is 3.26. The fourth-order valence-electron chi connectivity index (χ4n) is 2.24. The van der Waals surface area contributed by atoms with E-state index < -0.39 is 0 Å². The molecule has 2 aromatic heterocycles. The van der Waals surface area contributed by atoms with Crippen molar-refractivity contribution in [3.05, 3.63) is 52.6 Å². The van der Waals surface area contributed by atoms with Crippen molar-refractivity contribution >= 4 is 22.2 Å². The third kappa shape index (κ3) is 2.69. The van der Waals surface area contributed by atoms with E-state index >= 15 is 0 Å². The number of fused-ring (bicyclic) bond motifs is 1. The van der Waals surface area contributed by atoms with Crippen molar-refractivity contribution < 1.29 is 0 Å². The largest absolute Gasteiger partial charge is 0.341 e. The van der Waals surface area contributed by atoms with Gasteiger partial charge in [-0.3, -0.25) is 0 Å². The van der Waals surface area contributed by atoms with Gasteiger partial charge in [-0.05, 0) is 35.7 Å². The number of thiazole rings is 1. The van der Waals surface area contributed by atoms with Gasteiger partial charge in [-0.2, -0.15) is 0 Å². The van der Waals surface area contributed by atoms with Gasteiger partial charge in [-0.25, -0.2) is 4.98 Å². The molecule has 0 aliphatic heterocycles. The average Bonchev–Trinajstić information content (AvgIpc) is 3.07. The second-order valence-corrected chi connectivity index (χ2v) is 5.52. The third-order valence-electron chi connectivity index (χ3n) is 3.20. The second-order valence-electron chi connectivity index (χ2n) is 4.54. The van der Waals surface area contributed by atoms with E-state index in [-0.39, 0.29) is 0 Å². The Balaban J connectivity index is 1.87. The Kier molecular flexibility index (Phi) is 3.62. The molecule has 19 heavy (non-hydrogen) atoms. The maximum absolute atomic E-state index is 4.34. The number of hydrogen-bond acceptors (Lipinski definition) is 3. The van der Waals surface area contributed by atoms with E-state index in [4.69, 9.17) is 0 Å². The van der Waals surface area contributed by atoms with E-state index in [1.165, 1.54) is 16.5 Å². The Morgan fingerprint density at radius 1 is 1.32 bits per heavy atom. The molecule has 0 spiro atoms. The SMILES string of the molecule is CCNCc1ccc2c(ccn2Cc2nccs2)c1. The fourth-order valence-corrected chi connectivity index (χ4v) is 2.86. The van der Waals surface area contributed by atoms with Gasteiger partial charge in [0, 0.05) is 29.8 Å². The van der Waals surface area contributed by atoms with Gasteiger partial charge in [0.05, 0.1) is 6.54 Å². The maximum Gasteiger partial charge on any atom is 0.112 e. The molecule has 0 unspecified atom stereocenters. The van der Waals surface area contributed by atoms with E-state index in [0.717, 1.165) is 24.6 Å². The van der Waals surface area contributed by atoms with Crippen LogP contribution in [0, 0.1) is 0 Å². The molecule has 2 heterocycles. The summed E-state index contributed by atoms with van der Waals surface area (Å²) in [6.45, 7) is 4.92. The first-order chi connectivity index (χ1) is 9.36. The van der Waals surface area contributed by atoms with Gasteiger partial charge in [-0.1, -0.05) is 13.0 Å². The lowest BCUT2D eigenvalue weighted by Crippen LogP contribution is -2.11. The Labute approximate surface area is 116 Å². The highest BCUT2D eigenvalue weighted by atomic mass is 32.1. The van der Waals surface area contributed by atoms with Crippen molar-refractivity contribution in [2.45, 2.75) is 20.0 Å². The number of nitrogens with one attached hydrogen (secondary N) is 1. The summed E-state index contributed by atoms with van der Waals surface area (Å²) in [6, 6.07) is 8.84. The Morgan fingerprint density at radius 2 is 2.26 bits per heavy atom. The molecule has 4 heteroatoms. The van der Waals surface area contributed by atoms with Crippen LogP contribution in [0.25, 0.3) is 10.9 Å². The Bertz CT molecular complexity index is 655. The molecule has 1 N–H and O–H groups in total. The van der Waals surface area contributed by atoms with Crippen LogP contribution in [0.5, 0.6) is 0 Å². The highest BCUT2D eigenvalue weighted by Crippen LogP contribution is 2.19. The van der Waals surface area contributed by atoms with Crippen LogP contribution in [0.15, 0.2) is 42.0 Å². The molecule has 0 aliphatic carbocycles. The second kappa shape index (κ2) is 5.55. The van der Waals surface area contributed by atoms with Crippen LogP contribution in [-0.2, 0) is 13.1 Å². The first-order valence-corrected chi connectivity index (χ1v) is 7.41. The molecule has 98 valence electrons. The van der Waals surface area contributed by atoms with Crippen molar-refractivity contribution in [3.63, 3.8) is 0 Å². The molecule has 0 aliphatic rings. The molecular weight excluding hydrogens is 254 g/mol. The highest BCUT2D eigenvalue weighted by Gasteiger charge is 2.04. The summed E-state index contributed by atoms with van der Waals surface area (Å²) >= 11 is 1.70. The summed E-state index contributed by atoms with van der Waals surface area (Å²) in [4.78, 5) is 4.34. The fraction of sp³-hybridized carbons (Fsp3) is 0.267. The third-order valence-corrected chi connectivity index (χ3v) is 3.97.